The van der Waals surface area contributed by atoms with Crippen molar-refractivity contribution >= 4 is 0 Å². The Morgan fingerprint density at radius 1 is 1.30 bits per heavy atom. The molecular formula is C9H11N. The highest BCUT2D eigenvalue weighted by atomic mass is 14.6. The monoisotopic (exact) mass is 133 g/mol. The average Bonchev–Trinajstić information content (AvgIpc) is 1.88. The molecule has 1 nitrogen and oxygen atoms in total. The van der Waals surface area contributed by atoms with Crippen molar-refractivity contribution in [3.63, 3.8) is 0 Å². The molecule has 0 aromatic heterocycles. The van der Waals surface area contributed by atoms with E-state index in [-0.39, 0.29) is 0 Å². The van der Waals surface area contributed by atoms with Gasteiger partial charge < -0.3 is 5.73 Å². The van der Waals surface area contributed by atoms with E-state index < -0.39 is 0 Å². The lowest BCUT2D eigenvalue weighted by Gasteiger charge is -1.97. The molecule has 0 unspecified atom stereocenters. The minimum Gasteiger partial charge on any atom is -0.402 e. The van der Waals surface area contributed by atoms with Gasteiger partial charge in [0.05, 0.1) is 0 Å². The normalized spacial score (nSPS) is 9.20. The molecule has 1 heteroatoms. The van der Waals surface area contributed by atoms with Crippen molar-refractivity contribution < 1.29 is 0 Å². The zero-order valence-electron chi connectivity index (χ0n) is 5.88. The standard InChI is InChI=1S/C9H11N/c1-8(10)7-9-5-3-2-4-6-9/h2-6H,1,7,10H2. The van der Waals surface area contributed by atoms with Crippen LogP contribution in [0.2, 0.25) is 0 Å². The van der Waals surface area contributed by atoms with Gasteiger partial charge in [-0.2, -0.15) is 0 Å². The van der Waals surface area contributed by atoms with Gasteiger partial charge in [-0.3, -0.25) is 0 Å². The van der Waals surface area contributed by atoms with Crippen LogP contribution in [-0.4, -0.2) is 0 Å². The van der Waals surface area contributed by atoms with E-state index >= 15 is 0 Å². The number of benzene rings is 1. The van der Waals surface area contributed by atoms with E-state index in [1.165, 1.54) is 5.56 Å². The van der Waals surface area contributed by atoms with Gasteiger partial charge in [0.2, 0.25) is 0 Å². The number of hydrogen-bond acceptors (Lipinski definition) is 1. The summed E-state index contributed by atoms with van der Waals surface area (Å²) in [5.74, 6) is 0. The molecule has 1 rings (SSSR count). The molecule has 0 amide bonds. The first-order valence-corrected chi connectivity index (χ1v) is 3.26. The van der Waals surface area contributed by atoms with Gasteiger partial charge in [0.1, 0.15) is 0 Å². The molecule has 0 spiro atoms. The molecule has 1 aromatic carbocycles. The highest BCUT2D eigenvalue weighted by molar-refractivity contribution is 5.19. The first-order valence-electron chi connectivity index (χ1n) is 3.26. The van der Waals surface area contributed by atoms with Crippen molar-refractivity contribution in [1.29, 1.82) is 0 Å². The number of allylic oxidation sites excluding steroid dienone is 1. The van der Waals surface area contributed by atoms with E-state index in [1.807, 2.05) is 30.3 Å². The summed E-state index contributed by atoms with van der Waals surface area (Å²) in [6.07, 6.45) is 0.779. The van der Waals surface area contributed by atoms with E-state index in [0.29, 0.717) is 5.70 Å². The number of hydrogen-bond donors (Lipinski definition) is 1. The first-order chi connectivity index (χ1) is 4.79. The van der Waals surface area contributed by atoms with Crippen molar-refractivity contribution in [3.05, 3.63) is 48.2 Å². The fourth-order valence-electron chi connectivity index (χ4n) is 0.858. The van der Waals surface area contributed by atoms with Gasteiger partial charge in [-0.15, -0.1) is 0 Å². The second kappa shape index (κ2) is 3.06. The average molecular weight is 133 g/mol. The molecular weight excluding hydrogens is 122 g/mol. The van der Waals surface area contributed by atoms with Crippen molar-refractivity contribution in [2.24, 2.45) is 5.73 Å². The minimum absolute atomic E-state index is 0.714. The minimum atomic E-state index is 0.714. The topological polar surface area (TPSA) is 26.0 Å². The highest BCUT2D eigenvalue weighted by Gasteiger charge is 1.89. The van der Waals surface area contributed by atoms with E-state index in [9.17, 15) is 0 Å². The summed E-state index contributed by atoms with van der Waals surface area (Å²) in [6.45, 7) is 3.63. The van der Waals surface area contributed by atoms with E-state index in [2.05, 4.69) is 6.58 Å². The van der Waals surface area contributed by atoms with Crippen LogP contribution in [-0.2, 0) is 6.42 Å². The fourth-order valence-corrected chi connectivity index (χ4v) is 0.858. The summed E-state index contributed by atoms with van der Waals surface area (Å²) in [5.41, 5.74) is 7.36. The lowest BCUT2D eigenvalue weighted by atomic mass is 10.1. The third-order valence-electron chi connectivity index (χ3n) is 1.27. The molecule has 0 aliphatic carbocycles. The Kier molecular flexibility index (Phi) is 2.11. The Morgan fingerprint density at radius 3 is 2.40 bits per heavy atom. The maximum Gasteiger partial charge on any atom is 0.0115 e. The third-order valence-corrected chi connectivity index (χ3v) is 1.27. The van der Waals surface area contributed by atoms with Gasteiger partial charge in [-0.1, -0.05) is 36.9 Å². The second-order valence-corrected chi connectivity index (χ2v) is 2.32. The highest BCUT2D eigenvalue weighted by Crippen LogP contribution is 2.01. The zero-order valence-corrected chi connectivity index (χ0v) is 5.88. The molecule has 0 fully saturated rings. The molecule has 52 valence electrons. The fraction of sp³-hybridized carbons (Fsp3) is 0.111. The van der Waals surface area contributed by atoms with Crippen LogP contribution in [0.25, 0.3) is 0 Å². The van der Waals surface area contributed by atoms with Crippen molar-refractivity contribution in [1.82, 2.24) is 0 Å². The molecule has 10 heavy (non-hydrogen) atoms. The third kappa shape index (κ3) is 1.94. The maximum atomic E-state index is 5.43. The van der Waals surface area contributed by atoms with Crippen LogP contribution in [0.15, 0.2) is 42.6 Å². The lowest BCUT2D eigenvalue weighted by Crippen LogP contribution is -1.98. The van der Waals surface area contributed by atoms with Crippen molar-refractivity contribution in [2.75, 3.05) is 0 Å². The Bertz CT molecular complexity index is 213. The van der Waals surface area contributed by atoms with E-state index in [0.717, 1.165) is 6.42 Å². The summed E-state index contributed by atoms with van der Waals surface area (Å²) >= 11 is 0. The lowest BCUT2D eigenvalue weighted by molar-refractivity contribution is 1.12. The van der Waals surface area contributed by atoms with E-state index in [1.54, 1.807) is 0 Å². The summed E-state index contributed by atoms with van der Waals surface area (Å²) in [4.78, 5) is 0. The summed E-state index contributed by atoms with van der Waals surface area (Å²) in [7, 11) is 0. The second-order valence-electron chi connectivity index (χ2n) is 2.32. The van der Waals surface area contributed by atoms with E-state index in [4.69, 9.17) is 5.73 Å². The van der Waals surface area contributed by atoms with Crippen LogP contribution in [0.5, 0.6) is 0 Å². The summed E-state index contributed by atoms with van der Waals surface area (Å²) in [6, 6.07) is 10.1. The molecule has 0 atom stereocenters. The smallest absolute Gasteiger partial charge is 0.0115 e. The molecule has 0 heterocycles. The van der Waals surface area contributed by atoms with Crippen LogP contribution >= 0.6 is 0 Å². The van der Waals surface area contributed by atoms with Crippen LogP contribution in [0.4, 0.5) is 0 Å². The van der Waals surface area contributed by atoms with Gasteiger partial charge in [0, 0.05) is 12.1 Å². The van der Waals surface area contributed by atoms with Gasteiger partial charge >= 0.3 is 0 Å². The Hall–Kier alpha value is -1.24. The Balaban J connectivity index is 2.67. The first kappa shape index (κ1) is 6.87. The molecule has 0 radical (unpaired) electrons. The molecule has 0 saturated carbocycles. The maximum absolute atomic E-state index is 5.43. The predicted octanol–water partition coefficient (Wildman–Crippen LogP) is 1.70. The van der Waals surface area contributed by atoms with Gasteiger partial charge in [-0.05, 0) is 5.56 Å². The SMILES string of the molecule is C=C(N)Cc1ccccc1. The van der Waals surface area contributed by atoms with Crippen LogP contribution in [0.3, 0.4) is 0 Å². The van der Waals surface area contributed by atoms with Gasteiger partial charge in [-0.25, -0.2) is 0 Å². The zero-order chi connectivity index (χ0) is 7.40. The molecule has 0 saturated heterocycles. The Labute approximate surface area is 61.2 Å². The Morgan fingerprint density at radius 2 is 1.90 bits per heavy atom. The number of rotatable bonds is 2. The van der Waals surface area contributed by atoms with Crippen LogP contribution in [0, 0.1) is 0 Å². The quantitative estimate of drug-likeness (QED) is 0.653. The molecule has 0 aliphatic heterocycles. The van der Waals surface area contributed by atoms with Crippen molar-refractivity contribution in [2.45, 2.75) is 6.42 Å². The summed E-state index contributed by atoms with van der Waals surface area (Å²) < 4.78 is 0. The number of nitrogens with two attached hydrogens (primary N) is 1. The van der Waals surface area contributed by atoms with Crippen LogP contribution < -0.4 is 5.73 Å². The van der Waals surface area contributed by atoms with Gasteiger partial charge in [0.15, 0.2) is 0 Å². The summed E-state index contributed by atoms with van der Waals surface area (Å²) in [5, 5.41) is 0. The largest absolute Gasteiger partial charge is 0.402 e. The van der Waals surface area contributed by atoms with Crippen LogP contribution in [0.1, 0.15) is 5.56 Å². The van der Waals surface area contributed by atoms with Gasteiger partial charge in [0.25, 0.3) is 0 Å². The molecule has 0 aliphatic rings. The molecule has 1 aromatic rings. The van der Waals surface area contributed by atoms with Crippen molar-refractivity contribution in [3.8, 4) is 0 Å². The molecule has 0 bridgehead atoms. The predicted molar refractivity (Wildman–Crippen MR) is 43.5 cm³/mol. The molecule has 2 N–H and O–H groups in total.